The van der Waals surface area contributed by atoms with Crippen LogP contribution in [0.4, 0.5) is 0 Å². The molecule has 0 bridgehead atoms. The molecule has 2 aliphatic rings. The second-order valence-electron chi connectivity index (χ2n) is 7.60. The van der Waals surface area contributed by atoms with Crippen molar-refractivity contribution in [1.82, 2.24) is 9.47 Å². The topological polar surface area (TPSA) is 45.5 Å². The monoisotopic (exact) mass is 326 g/mol. The molecule has 2 aromatic rings. The van der Waals surface area contributed by atoms with Crippen LogP contribution in [0.25, 0.3) is 10.9 Å². The van der Waals surface area contributed by atoms with Gasteiger partial charge in [0.1, 0.15) is 0 Å². The van der Waals surface area contributed by atoms with Gasteiger partial charge in [-0.25, -0.2) is 0 Å². The third-order valence-corrected chi connectivity index (χ3v) is 6.34. The molecule has 4 rings (SSSR count). The molecule has 0 unspecified atom stereocenters. The Hall–Kier alpha value is -1.81. The highest BCUT2D eigenvalue weighted by atomic mass is 16.3. The number of hydrogen-bond acceptors (Lipinski definition) is 2. The Bertz CT molecular complexity index is 781. The standard InChI is InChI=1S/C20H26N2O2/c1-3-20(24)10-6-7-14-11-22(13-17(14)20)19(23)16-12-21(2)18-9-5-4-8-15(16)18/h4-5,8-9,12,14,17,24H,3,6-7,10-11,13H2,1-2H3/t14-,17+,20-/m1/s1. The van der Waals surface area contributed by atoms with Crippen molar-refractivity contribution in [3.63, 3.8) is 0 Å². The minimum absolute atomic E-state index is 0.111. The van der Waals surface area contributed by atoms with Gasteiger partial charge < -0.3 is 14.6 Å². The van der Waals surface area contributed by atoms with E-state index in [9.17, 15) is 9.90 Å². The Balaban J connectivity index is 1.64. The van der Waals surface area contributed by atoms with Gasteiger partial charge in [0.25, 0.3) is 5.91 Å². The van der Waals surface area contributed by atoms with Crippen molar-refractivity contribution in [3.8, 4) is 0 Å². The van der Waals surface area contributed by atoms with E-state index < -0.39 is 5.60 Å². The van der Waals surface area contributed by atoms with Crippen LogP contribution in [-0.4, -0.2) is 39.2 Å². The van der Waals surface area contributed by atoms with Crippen LogP contribution in [0.5, 0.6) is 0 Å². The van der Waals surface area contributed by atoms with Crippen molar-refractivity contribution in [2.75, 3.05) is 13.1 Å². The largest absolute Gasteiger partial charge is 0.390 e. The summed E-state index contributed by atoms with van der Waals surface area (Å²) in [6.07, 6.45) is 5.81. The molecule has 4 heteroatoms. The van der Waals surface area contributed by atoms with E-state index in [4.69, 9.17) is 0 Å². The van der Waals surface area contributed by atoms with E-state index in [1.165, 1.54) is 0 Å². The SMILES string of the molecule is CC[C@@]1(O)CCC[C@@H]2CN(C(=O)c3cn(C)c4ccccc34)C[C@@H]21. The summed E-state index contributed by atoms with van der Waals surface area (Å²) in [7, 11) is 1.98. The van der Waals surface area contributed by atoms with Crippen LogP contribution in [0.3, 0.4) is 0 Å². The molecule has 2 fully saturated rings. The van der Waals surface area contributed by atoms with Crippen molar-refractivity contribution in [2.45, 2.75) is 38.2 Å². The molecule has 1 aromatic carbocycles. The van der Waals surface area contributed by atoms with E-state index in [0.717, 1.165) is 48.7 Å². The maximum atomic E-state index is 13.1. The van der Waals surface area contributed by atoms with Gasteiger partial charge in [-0.05, 0) is 31.2 Å². The lowest BCUT2D eigenvalue weighted by Crippen LogP contribution is -2.44. The lowest BCUT2D eigenvalue weighted by Gasteiger charge is -2.40. The number of para-hydroxylation sites is 1. The van der Waals surface area contributed by atoms with Crippen molar-refractivity contribution >= 4 is 16.8 Å². The van der Waals surface area contributed by atoms with Gasteiger partial charge in [-0.15, -0.1) is 0 Å². The Labute approximate surface area is 143 Å². The summed E-state index contributed by atoms with van der Waals surface area (Å²) >= 11 is 0. The van der Waals surface area contributed by atoms with Crippen LogP contribution >= 0.6 is 0 Å². The highest BCUT2D eigenvalue weighted by Gasteiger charge is 2.48. The number of rotatable bonds is 2. The van der Waals surface area contributed by atoms with Crippen molar-refractivity contribution in [3.05, 3.63) is 36.0 Å². The second-order valence-corrected chi connectivity index (χ2v) is 7.60. The normalized spacial score (nSPS) is 29.9. The average molecular weight is 326 g/mol. The van der Waals surface area contributed by atoms with Crippen molar-refractivity contribution < 1.29 is 9.90 Å². The summed E-state index contributed by atoms with van der Waals surface area (Å²) in [4.78, 5) is 15.1. The quantitative estimate of drug-likeness (QED) is 0.921. The lowest BCUT2D eigenvalue weighted by atomic mass is 9.69. The molecule has 1 N–H and O–H groups in total. The number of aromatic nitrogens is 1. The Morgan fingerprint density at radius 2 is 2.12 bits per heavy atom. The molecule has 1 aromatic heterocycles. The number of aliphatic hydroxyl groups is 1. The predicted molar refractivity (Wildman–Crippen MR) is 94.9 cm³/mol. The van der Waals surface area contributed by atoms with E-state index in [-0.39, 0.29) is 11.8 Å². The van der Waals surface area contributed by atoms with Gasteiger partial charge in [0, 0.05) is 43.2 Å². The molecule has 4 nitrogen and oxygen atoms in total. The molecule has 1 aliphatic heterocycles. The Morgan fingerprint density at radius 1 is 1.33 bits per heavy atom. The fourth-order valence-corrected chi connectivity index (χ4v) is 4.92. The first-order chi connectivity index (χ1) is 11.5. The van der Waals surface area contributed by atoms with Crippen LogP contribution < -0.4 is 0 Å². The Kier molecular flexibility index (Phi) is 3.68. The Morgan fingerprint density at radius 3 is 2.92 bits per heavy atom. The third-order valence-electron chi connectivity index (χ3n) is 6.34. The van der Waals surface area contributed by atoms with E-state index in [2.05, 4.69) is 6.92 Å². The van der Waals surface area contributed by atoms with Crippen LogP contribution in [0, 0.1) is 11.8 Å². The highest BCUT2D eigenvalue weighted by molar-refractivity contribution is 6.07. The molecule has 1 aliphatic carbocycles. The zero-order valence-corrected chi connectivity index (χ0v) is 14.5. The molecule has 0 radical (unpaired) electrons. The molecular weight excluding hydrogens is 300 g/mol. The molecular formula is C20H26N2O2. The second kappa shape index (κ2) is 5.62. The van der Waals surface area contributed by atoms with Gasteiger partial charge in [-0.3, -0.25) is 4.79 Å². The fraction of sp³-hybridized carbons (Fsp3) is 0.550. The number of benzene rings is 1. The summed E-state index contributed by atoms with van der Waals surface area (Å²) < 4.78 is 2.02. The molecule has 24 heavy (non-hydrogen) atoms. The average Bonchev–Trinajstić information content (AvgIpc) is 3.18. The minimum atomic E-state index is -0.587. The van der Waals surface area contributed by atoms with E-state index >= 15 is 0 Å². The maximum absolute atomic E-state index is 13.1. The predicted octanol–water partition coefficient (Wildman–Crippen LogP) is 3.19. The van der Waals surface area contributed by atoms with Gasteiger partial charge in [0.05, 0.1) is 11.2 Å². The number of hydrogen-bond donors (Lipinski definition) is 1. The van der Waals surface area contributed by atoms with Gasteiger partial charge in [0.15, 0.2) is 0 Å². The van der Waals surface area contributed by atoms with Gasteiger partial charge in [0.2, 0.25) is 0 Å². The molecule has 1 saturated heterocycles. The minimum Gasteiger partial charge on any atom is -0.390 e. The number of likely N-dealkylation sites (tertiary alicyclic amines) is 1. The number of amides is 1. The highest BCUT2D eigenvalue weighted by Crippen LogP contribution is 2.44. The van der Waals surface area contributed by atoms with Gasteiger partial charge in [-0.1, -0.05) is 31.5 Å². The molecule has 3 atom stereocenters. The summed E-state index contributed by atoms with van der Waals surface area (Å²) in [5.74, 6) is 0.789. The number of aryl methyl sites for hydroxylation is 1. The van der Waals surface area contributed by atoms with Crippen LogP contribution in [0.1, 0.15) is 43.0 Å². The van der Waals surface area contributed by atoms with E-state index in [1.807, 2.05) is 47.0 Å². The smallest absolute Gasteiger partial charge is 0.256 e. The first kappa shape index (κ1) is 15.7. The zero-order valence-electron chi connectivity index (χ0n) is 14.5. The zero-order chi connectivity index (χ0) is 16.9. The lowest BCUT2D eigenvalue weighted by molar-refractivity contribution is -0.0609. The van der Waals surface area contributed by atoms with Crippen molar-refractivity contribution in [2.24, 2.45) is 18.9 Å². The third kappa shape index (κ3) is 2.27. The number of carbonyl (C=O) groups is 1. The van der Waals surface area contributed by atoms with Crippen LogP contribution in [0.2, 0.25) is 0 Å². The van der Waals surface area contributed by atoms with Gasteiger partial charge in [-0.2, -0.15) is 0 Å². The van der Waals surface area contributed by atoms with E-state index in [0.29, 0.717) is 12.5 Å². The van der Waals surface area contributed by atoms with Gasteiger partial charge >= 0.3 is 0 Å². The summed E-state index contributed by atoms with van der Waals surface area (Å²) in [6, 6.07) is 8.06. The number of carbonyl (C=O) groups excluding carboxylic acids is 1. The summed E-state index contributed by atoms with van der Waals surface area (Å²) in [6.45, 7) is 3.55. The van der Waals surface area contributed by atoms with Crippen LogP contribution in [0.15, 0.2) is 30.5 Å². The molecule has 1 amide bonds. The number of fused-ring (bicyclic) bond motifs is 2. The molecule has 0 spiro atoms. The first-order valence-corrected chi connectivity index (χ1v) is 9.09. The molecule has 128 valence electrons. The number of nitrogens with zero attached hydrogens (tertiary/aromatic N) is 2. The van der Waals surface area contributed by atoms with Crippen LogP contribution in [-0.2, 0) is 7.05 Å². The van der Waals surface area contributed by atoms with Crippen molar-refractivity contribution in [1.29, 1.82) is 0 Å². The summed E-state index contributed by atoms with van der Waals surface area (Å²) in [5, 5.41) is 12.0. The van der Waals surface area contributed by atoms with E-state index in [1.54, 1.807) is 0 Å². The maximum Gasteiger partial charge on any atom is 0.256 e. The fourth-order valence-electron chi connectivity index (χ4n) is 4.92. The summed E-state index contributed by atoms with van der Waals surface area (Å²) in [5.41, 5.74) is 1.28. The molecule has 2 heterocycles. The molecule has 1 saturated carbocycles. The first-order valence-electron chi connectivity index (χ1n) is 9.09.